The monoisotopic (exact) mass is 455 g/mol. The largest absolute Gasteiger partial charge is 0.309 e. The molecule has 4 nitrogen and oxygen atoms in total. The molecule has 0 aliphatic heterocycles. The van der Waals surface area contributed by atoms with Crippen molar-refractivity contribution in [2.45, 2.75) is 19.8 Å². The first-order valence-electron chi connectivity index (χ1n) is 9.09. The van der Waals surface area contributed by atoms with Crippen LogP contribution in [0.25, 0.3) is 10.2 Å². The second-order valence-corrected chi connectivity index (χ2v) is 8.52. The number of halogens is 3. The number of benzene rings is 2. The summed E-state index contributed by atoms with van der Waals surface area (Å²) >= 11 is 7.65. The molecule has 0 atom stereocenters. The Morgan fingerprint density at radius 2 is 1.86 bits per heavy atom. The van der Waals surface area contributed by atoms with Crippen molar-refractivity contribution in [3.05, 3.63) is 58.4 Å². The summed E-state index contributed by atoms with van der Waals surface area (Å²) in [5.74, 6) is -0.356. The van der Waals surface area contributed by atoms with E-state index >= 15 is 0 Å². The van der Waals surface area contributed by atoms with Gasteiger partial charge in [-0.05, 0) is 69.4 Å². The van der Waals surface area contributed by atoms with Crippen LogP contribution in [0.2, 0.25) is 5.02 Å². The van der Waals surface area contributed by atoms with Gasteiger partial charge in [-0.25, -0.2) is 9.37 Å². The van der Waals surface area contributed by atoms with E-state index in [0.29, 0.717) is 16.7 Å². The SMILES string of the molecule is Cc1cc(Cl)cc2sc(N(CCCN(C)C)C(=O)Cc3ccc(F)cc3)nc12.Cl. The van der Waals surface area contributed by atoms with Gasteiger partial charge in [0.2, 0.25) is 5.91 Å². The zero-order valence-electron chi connectivity index (χ0n) is 16.6. The number of thiazole rings is 1. The maximum atomic E-state index is 13.2. The van der Waals surface area contributed by atoms with Gasteiger partial charge in [-0.1, -0.05) is 35.1 Å². The highest BCUT2D eigenvalue weighted by Crippen LogP contribution is 2.33. The maximum Gasteiger partial charge on any atom is 0.233 e. The Labute approximate surface area is 185 Å². The summed E-state index contributed by atoms with van der Waals surface area (Å²) in [4.78, 5) is 21.6. The van der Waals surface area contributed by atoms with Gasteiger partial charge in [0.1, 0.15) is 5.82 Å². The summed E-state index contributed by atoms with van der Waals surface area (Å²) in [5, 5.41) is 1.34. The Morgan fingerprint density at radius 1 is 1.17 bits per heavy atom. The molecule has 0 saturated carbocycles. The molecule has 0 saturated heterocycles. The van der Waals surface area contributed by atoms with Gasteiger partial charge in [-0.15, -0.1) is 12.4 Å². The van der Waals surface area contributed by atoms with Gasteiger partial charge in [-0.3, -0.25) is 9.69 Å². The van der Waals surface area contributed by atoms with E-state index in [-0.39, 0.29) is 30.6 Å². The number of hydrogen-bond acceptors (Lipinski definition) is 4. The maximum absolute atomic E-state index is 13.2. The van der Waals surface area contributed by atoms with Crippen LogP contribution in [-0.2, 0) is 11.2 Å². The molecule has 0 N–H and O–H groups in total. The summed E-state index contributed by atoms with van der Waals surface area (Å²) in [6.45, 7) is 3.41. The molecular formula is C21H24Cl2FN3OS. The fourth-order valence-corrected chi connectivity index (χ4v) is 4.47. The number of aryl methyl sites for hydroxylation is 1. The van der Waals surface area contributed by atoms with E-state index in [1.54, 1.807) is 17.0 Å². The number of carbonyl (C=O) groups excluding carboxylic acids is 1. The van der Waals surface area contributed by atoms with E-state index in [1.807, 2.05) is 33.2 Å². The highest BCUT2D eigenvalue weighted by atomic mass is 35.5. The molecule has 2 aromatic carbocycles. The molecule has 0 unspecified atom stereocenters. The van der Waals surface area contributed by atoms with Gasteiger partial charge in [0, 0.05) is 11.6 Å². The van der Waals surface area contributed by atoms with Crippen LogP contribution in [0.5, 0.6) is 0 Å². The Bertz CT molecular complexity index is 976. The number of amides is 1. The number of fused-ring (bicyclic) bond motifs is 1. The standard InChI is InChI=1S/C21H23ClFN3OS.ClH/c1-14-11-16(22)13-18-20(14)24-21(28-18)26(10-4-9-25(2)3)19(27)12-15-5-7-17(23)8-6-15;/h5-8,11,13H,4,9-10,12H2,1-3H3;1H. The van der Waals surface area contributed by atoms with E-state index in [9.17, 15) is 9.18 Å². The van der Waals surface area contributed by atoms with Gasteiger partial charge >= 0.3 is 0 Å². The van der Waals surface area contributed by atoms with Crippen LogP contribution in [0.3, 0.4) is 0 Å². The first-order valence-corrected chi connectivity index (χ1v) is 10.3. The summed E-state index contributed by atoms with van der Waals surface area (Å²) in [7, 11) is 4.02. The van der Waals surface area contributed by atoms with Crippen LogP contribution in [0, 0.1) is 12.7 Å². The zero-order chi connectivity index (χ0) is 20.3. The minimum absolute atomic E-state index is 0. The van der Waals surface area contributed by atoms with Gasteiger partial charge in [0.15, 0.2) is 5.13 Å². The van der Waals surface area contributed by atoms with Gasteiger partial charge in [0.05, 0.1) is 16.6 Å². The Morgan fingerprint density at radius 3 is 2.52 bits per heavy atom. The molecule has 3 rings (SSSR count). The van der Waals surface area contributed by atoms with Crippen molar-refractivity contribution in [3.8, 4) is 0 Å². The van der Waals surface area contributed by atoms with Gasteiger partial charge in [-0.2, -0.15) is 0 Å². The smallest absolute Gasteiger partial charge is 0.233 e. The lowest BCUT2D eigenvalue weighted by Gasteiger charge is -2.21. The third-order valence-electron chi connectivity index (χ3n) is 4.43. The molecular weight excluding hydrogens is 432 g/mol. The predicted molar refractivity (Wildman–Crippen MR) is 122 cm³/mol. The average molecular weight is 456 g/mol. The van der Waals surface area contributed by atoms with E-state index in [1.165, 1.54) is 23.5 Å². The molecule has 0 radical (unpaired) electrons. The fraction of sp³-hybridized carbons (Fsp3) is 0.333. The van der Waals surface area contributed by atoms with Crippen molar-refractivity contribution in [2.24, 2.45) is 0 Å². The van der Waals surface area contributed by atoms with Crippen LogP contribution in [0.1, 0.15) is 17.5 Å². The second kappa shape index (κ2) is 10.3. The lowest BCUT2D eigenvalue weighted by atomic mass is 10.1. The number of hydrogen-bond donors (Lipinski definition) is 0. The van der Waals surface area contributed by atoms with E-state index in [2.05, 4.69) is 4.90 Å². The lowest BCUT2D eigenvalue weighted by molar-refractivity contribution is -0.118. The molecule has 29 heavy (non-hydrogen) atoms. The highest BCUT2D eigenvalue weighted by molar-refractivity contribution is 7.22. The number of carbonyl (C=O) groups is 1. The number of aromatic nitrogens is 1. The second-order valence-electron chi connectivity index (χ2n) is 7.07. The number of nitrogens with zero attached hydrogens (tertiary/aromatic N) is 3. The first kappa shape index (κ1) is 23.5. The Balaban J connectivity index is 0.00000300. The fourth-order valence-electron chi connectivity index (χ4n) is 3.00. The molecule has 1 amide bonds. The van der Waals surface area contributed by atoms with Crippen molar-refractivity contribution >= 4 is 56.6 Å². The van der Waals surface area contributed by atoms with Crippen LogP contribution < -0.4 is 4.90 Å². The molecule has 0 spiro atoms. The van der Waals surface area contributed by atoms with E-state index in [0.717, 1.165) is 34.3 Å². The highest BCUT2D eigenvalue weighted by Gasteiger charge is 2.20. The zero-order valence-corrected chi connectivity index (χ0v) is 19.0. The Kier molecular flexibility index (Phi) is 8.40. The van der Waals surface area contributed by atoms with E-state index < -0.39 is 0 Å². The van der Waals surface area contributed by atoms with Crippen molar-refractivity contribution in [1.82, 2.24) is 9.88 Å². The molecule has 0 aliphatic rings. The lowest BCUT2D eigenvalue weighted by Crippen LogP contribution is -2.34. The molecule has 0 aliphatic carbocycles. The van der Waals surface area contributed by atoms with Crippen LogP contribution >= 0.6 is 35.3 Å². The summed E-state index contributed by atoms with van der Waals surface area (Å²) < 4.78 is 14.1. The molecule has 0 fully saturated rings. The van der Waals surface area contributed by atoms with Gasteiger partial charge in [0.25, 0.3) is 0 Å². The molecule has 0 bridgehead atoms. The van der Waals surface area contributed by atoms with Crippen LogP contribution in [0.15, 0.2) is 36.4 Å². The summed E-state index contributed by atoms with van der Waals surface area (Å²) in [6, 6.07) is 9.81. The minimum Gasteiger partial charge on any atom is -0.309 e. The number of rotatable bonds is 7. The minimum atomic E-state index is -0.308. The molecule has 1 aromatic heterocycles. The third kappa shape index (κ3) is 6.12. The van der Waals surface area contributed by atoms with Crippen molar-refractivity contribution in [1.29, 1.82) is 0 Å². The van der Waals surface area contributed by atoms with Crippen LogP contribution in [0.4, 0.5) is 9.52 Å². The normalized spacial score (nSPS) is 11.0. The topological polar surface area (TPSA) is 36.4 Å². The van der Waals surface area contributed by atoms with Crippen molar-refractivity contribution in [3.63, 3.8) is 0 Å². The van der Waals surface area contributed by atoms with E-state index in [4.69, 9.17) is 16.6 Å². The van der Waals surface area contributed by atoms with Crippen molar-refractivity contribution in [2.75, 3.05) is 32.1 Å². The van der Waals surface area contributed by atoms with Gasteiger partial charge < -0.3 is 4.90 Å². The van der Waals surface area contributed by atoms with Crippen molar-refractivity contribution < 1.29 is 9.18 Å². The molecule has 8 heteroatoms. The van der Waals surface area contributed by atoms with Crippen LogP contribution in [-0.4, -0.2) is 43.0 Å². The third-order valence-corrected chi connectivity index (χ3v) is 5.67. The summed E-state index contributed by atoms with van der Waals surface area (Å²) in [6.07, 6.45) is 1.04. The number of anilines is 1. The first-order chi connectivity index (χ1) is 13.3. The average Bonchev–Trinajstić information content (AvgIpc) is 3.04. The molecule has 1 heterocycles. The predicted octanol–water partition coefficient (Wildman–Crippen LogP) is 5.35. The Hall–Kier alpha value is -1.73. The quantitative estimate of drug-likeness (QED) is 0.481. The molecule has 3 aromatic rings. The summed E-state index contributed by atoms with van der Waals surface area (Å²) in [5.41, 5.74) is 2.64. The molecule has 156 valence electrons.